The van der Waals surface area contributed by atoms with Gasteiger partial charge in [0.1, 0.15) is 5.78 Å². The van der Waals surface area contributed by atoms with Crippen LogP contribution in [0.3, 0.4) is 0 Å². The van der Waals surface area contributed by atoms with Gasteiger partial charge in [0.05, 0.1) is 22.4 Å². The van der Waals surface area contributed by atoms with E-state index in [0.29, 0.717) is 25.9 Å². The molecule has 2 amide bonds. The van der Waals surface area contributed by atoms with Crippen LogP contribution >= 0.6 is 0 Å². The van der Waals surface area contributed by atoms with Crippen molar-refractivity contribution in [1.29, 1.82) is 0 Å². The first kappa shape index (κ1) is 23.7. The third-order valence-electron chi connectivity index (χ3n) is 6.21. The summed E-state index contributed by atoms with van der Waals surface area (Å²) in [5, 5.41) is 0. The number of Topliss-reactive ketones (excluding diaryl/α,β-unsaturated/α-hetero) is 1. The Balaban J connectivity index is 1.69. The van der Waals surface area contributed by atoms with Crippen molar-refractivity contribution in [1.82, 2.24) is 9.80 Å². The Bertz CT molecular complexity index is 1120. The second-order valence-electron chi connectivity index (χ2n) is 8.31. The molecule has 0 unspecified atom stereocenters. The molecule has 0 aromatic heterocycles. The number of amides is 2. The fraction of sp³-hybridized carbons (Fsp3) is 0.375. The fourth-order valence-corrected chi connectivity index (χ4v) is 5.17. The minimum absolute atomic E-state index is 0.0450. The van der Waals surface area contributed by atoms with Crippen LogP contribution in [0.1, 0.15) is 35.7 Å². The maximum Gasteiger partial charge on any atom is 0.255 e. The zero-order valence-corrected chi connectivity index (χ0v) is 19.4. The minimum atomic E-state index is -3.58. The first-order chi connectivity index (χ1) is 15.1. The van der Waals surface area contributed by atoms with Crippen LogP contribution in [0.4, 0.5) is 0 Å². The first-order valence-corrected chi connectivity index (χ1v) is 12.3. The molecule has 7 nitrogen and oxygen atoms in total. The summed E-state index contributed by atoms with van der Waals surface area (Å²) in [6.45, 7) is 2.25. The van der Waals surface area contributed by atoms with Crippen molar-refractivity contribution in [3.63, 3.8) is 0 Å². The molecule has 0 spiro atoms. The number of carbonyl (C=O) groups is 3. The number of benzene rings is 2. The fourth-order valence-electron chi connectivity index (χ4n) is 4.29. The maximum absolute atomic E-state index is 12.9. The van der Waals surface area contributed by atoms with E-state index in [1.165, 1.54) is 24.1 Å². The quantitative estimate of drug-likeness (QED) is 0.665. The summed E-state index contributed by atoms with van der Waals surface area (Å²) in [6.07, 6.45) is 2.09. The molecule has 0 radical (unpaired) electrons. The molecule has 1 aliphatic rings. The number of hydrogen-bond acceptors (Lipinski definition) is 5. The minimum Gasteiger partial charge on any atom is -0.341 e. The van der Waals surface area contributed by atoms with Crippen molar-refractivity contribution >= 4 is 27.4 Å². The molecule has 0 atom stereocenters. The number of sulfone groups is 1. The van der Waals surface area contributed by atoms with E-state index in [9.17, 15) is 22.8 Å². The Kier molecular flexibility index (Phi) is 6.83. The summed E-state index contributed by atoms with van der Waals surface area (Å²) >= 11 is 0. The standard InChI is InChI=1S/C24H28N2O5S/c1-18(27)24(19-9-5-4-6-10-19)13-15-26(16-14-24)22(28)17-25(2)23(29)20-11-7-8-12-21(20)32(3,30)31/h4-12H,13-17H2,1-3H3. The number of rotatable bonds is 6. The zero-order chi connectivity index (χ0) is 23.5. The molecule has 0 N–H and O–H groups in total. The topological polar surface area (TPSA) is 91.8 Å². The third kappa shape index (κ3) is 4.75. The highest BCUT2D eigenvalue weighted by molar-refractivity contribution is 7.90. The molecule has 1 aliphatic heterocycles. The van der Waals surface area contributed by atoms with Gasteiger partial charge in [0, 0.05) is 26.4 Å². The highest BCUT2D eigenvalue weighted by Crippen LogP contribution is 2.36. The van der Waals surface area contributed by atoms with E-state index in [4.69, 9.17) is 0 Å². The van der Waals surface area contributed by atoms with Gasteiger partial charge in [-0.05, 0) is 37.5 Å². The monoisotopic (exact) mass is 456 g/mol. The molecule has 1 fully saturated rings. The summed E-state index contributed by atoms with van der Waals surface area (Å²) < 4.78 is 24.0. The van der Waals surface area contributed by atoms with Gasteiger partial charge in [-0.25, -0.2) is 8.42 Å². The van der Waals surface area contributed by atoms with E-state index >= 15 is 0 Å². The van der Waals surface area contributed by atoms with Gasteiger partial charge in [0.25, 0.3) is 5.91 Å². The molecule has 2 aromatic rings. The molecule has 2 aromatic carbocycles. The lowest BCUT2D eigenvalue weighted by molar-refractivity contribution is -0.136. The molecule has 32 heavy (non-hydrogen) atoms. The normalized spacial score (nSPS) is 15.8. The summed E-state index contributed by atoms with van der Waals surface area (Å²) in [5.74, 6) is -0.679. The smallest absolute Gasteiger partial charge is 0.255 e. The number of ketones is 1. The van der Waals surface area contributed by atoms with Gasteiger partial charge in [-0.1, -0.05) is 42.5 Å². The van der Waals surface area contributed by atoms with E-state index in [2.05, 4.69) is 0 Å². The van der Waals surface area contributed by atoms with Crippen molar-refractivity contribution in [2.24, 2.45) is 0 Å². The van der Waals surface area contributed by atoms with Gasteiger partial charge in [-0.2, -0.15) is 0 Å². The number of nitrogens with zero attached hydrogens (tertiary/aromatic N) is 2. The van der Waals surface area contributed by atoms with Gasteiger partial charge in [-0.15, -0.1) is 0 Å². The lowest BCUT2D eigenvalue weighted by Gasteiger charge is -2.41. The van der Waals surface area contributed by atoms with E-state index in [0.717, 1.165) is 11.8 Å². The van der Waals surface area contributed by atoms with Crippen LogP contribution in [0.2, 0.25) is 0 Å². The van der Waals surface area contributed by atoms with Crippen LogP contribution in [-0.4, -0.2) is 68.8 Å². The third-order valence-corrected chi connectivity index (χ3v) is 7.36. The Morgan fingerprint density at radius 3 is 2.09 bits per heavy atom. The number of piperidine rings is 1. The SMILES string of the molecule is CC(=O)C1(c2ccccc2)CCN(C(=O)CN(C)C(=O)c2ccccc2S(C)(=O)=O)CC1. The molecule has 3 rings (SSSR count). The highest BCUT2D eigenvalue weighted by atomic mass is 32.2. The van der Waals surface area contributed by atoms with Crippen molar-refractivity contribution in [2.45, 2.75) is 30.1 Å². The predicted octanol–water partition coefficient (Wildman–Crippen LogP) is 2.31. The van der Waals surface area contributed by atoms with Crippen LogP contribution in [0, 0.1) is 0 Å². The Hall–Kier alpha value is -3.00. The van der Waals surface area contributed by atoms with Gasteiger partial charge in [0.2, 0.25) is 5.91 Å². The van der Waals surface area contributed by atoms with Gasteiger partial charge >= 0.3 is 0 Å². The van der Waals surface area contributed by atoms with Crippen LogP contribution in [0.15, 0.2) is 59.5 Å². The van der Waals surface area contributed by atoms with Gasteiger partial charge in [-0.3, -0.25) is 14.4 Å². The molecule has 0 saturated carbocycles. The lowest BCUT2D eigenvalue weighted by Crippen LogP contribution is -2.50. The molecule has 8 heteroatoms. The average Bonchev–Trinajstić information content (AvgIpc) is 2.78. The van der Waals surface area contributed by atoms with Crippen LogP contribution < -0.4 is 0 Å². The zero-order valence-electron chi connectivity index (χ0n) is 18.6. The Morgan fingerprint density at radius 1 is 0.969 bits per heavy atom. The molecule has 0 aliphatic carbocycles. The second-order valence-corrected chi connectivity index (χ2v) is 10.3. The highest BCUT2D eigenvalue weighted by Gasteiger charge is 2.41. The molecular formula is C24H28N2O5S. The summed E-state index contributed by atoms with van der Waals surface area (Å²) in [7, 11) is -2.10. The second kappa shape index (κ2) is 9.24. The van der Waals surface area contributed by atoms with E-state index in [1.807, 2.05) is 30.3 Å². The van der Waals surface area contributed by atoms with Crippen molar-refractivity contribution < 1.29 is 22.8 Å². The van der Waals surface area contributed by atoms with Crippen molar-refractivity contribution in [2.75, 3.05) is 32.9 Å². The average molecular weight is 457 g/mol. The summed E-state index contributed by atoms with van der Waals surface area (Å²) in [6, 6.07) is 15.6. The summed E-state index contributed by atoms with van der Waals surface area (Å²) in [5.41, 5.74) is 0.404. The Morgan fingerprint density at radius 2 is 1.53 bits per heavy atom. The number of hydrogen-bond donors (Lipinski definition) is 0. The lowest BCUT2D eigenvalue weighted by atomic mass is 9.70. The molecule has 1 saturated heterocycles. The van der Waals surface area contributed by atoms with E-state index in [-0.39, 0.29) is 28.7 Å². The first-order valence-electron chi connectivity index (χ1n) is 10.4. The van der Waals surface area contributed by atoms with Crippen LogP contribution in [0.25, 0.3) is 0 Å². The maximum atomic E-state index is 12.9. The largest absolute Gasteiger partial charge is 0.341 e. The van der Waals surface area contributed by atoms with Gasteiger partial charge in [0.15, 0.2) is 9.84 Å². The van der Waals surface area contributed by atoms with E-state index < -0.39 is 21.2 Å². The molecule has 170 valence electrons. The van der Waals surface area contributed by atoms with Crippen LogP contribution in [0.5, 0.6) is 0 Å². The number of likely N-dealkylation sites (N-methyl/N-ethyl adjacent to an activating group) is 1. The molecule has 0 bridgehead atoms. The molecular weight excluding hydrogens is 428 g/mol. The molecule has 1 heterocycles. The Labute approximate surface area is 188 Å². The van der Waals surface area contributed by atoms with Crippen LogP contribution in [-0.2, 0) is 24.8 Å². The number of carbonyl (C=O) groups excluding carboxylic acids is 3. The summed E-state index contributed by atoms with van der Waals surface area (Å²) in [4.78, 5) is 41.1. The van der Waals surface area contributed by atoms with Gasteiger partial charge < -0.3 is 9.80 Å². The van der Waals surface area contributed by atoms with E-state index in [1.54, 1.807) is 24.0 Å². The van der Waals surface area contributed by atoms with Crippen molar-refractivity contribution in [3.05, 3.63) is 65.7 Å². The van der Waals surface area contributed by atoms with Crippen molar-refractivity contribution in [3.8, 4) is 0 Å². The number of likely N-dealkylation sites (tertiary alicyclic amines) is 1. The predicted molar refractivity (Wildman–Crippen MR) is 121 cm³/mol.